The maximum atomic E-state index is 12.4. The molecule has 2 amide bonds. The highest BCUT2D eigenvalue weighted by atomic mass is 16.2. The van der Waals surface area contributed by atoms with Crippen LogP contribution in [-0.2, 0) is 4.79 Å². The molecule has 5 nitrogen and oxygen atoms in total. The maximum Gasteiger partial charge on any atom is 0.255 e. The van der Waals surface area contributed by atoms with Gasteiger partial charge in [-0.3, -0.25) is 14.6 Å². The van der Waals surface area contributed by atoms with E-state index in [2.05, 4.69) is 4.98 Å². The smallest absolute Gasteiger partial charge is 0.255 e. The maximum absolute atomic E-state index is 12.4. The molecule has 108 valence electrons. The summed E-state index contributed by atoms with van der Waals surface area (Å²) in [5.41, 5.74) is 1.37. The minimum Gasteiger partial charge on any atom is -0.343 e. The summed E-state index contributed by atoms with van der Waals surface area (Å²) in [5, 5.41) is 0. The SMILES string of the molecule is CCN1C[C@H](CN(C)C(=O)c2cccnc2C)CC1=O. The number of rotatable bonds is 4. The Hall–Kier alpha value is -1.91. The molecule has 1 aromatic rings. The lowest BCUT2D eigenvalue weighted by molar-refractivity contribution is -0.127. The number of carbonyl (C=O) groups is 2. The van der Waals surface area contributed by atoms with Crippen LogP contribution in [0.25, 0.3) is 0 Å². The summed E-state index contributed by atoms with van der Waals surface area (Å²) in [7, 11) is 1.79. The van der Waals surface area contributed by atoms with Crippen molar-refractivity contribution in [2.24, 2.45) is 5.92 Å². The first-order chi connectivity index (χ1) is 9.52. The van der Waals surface area contributed by atoms with Crippen molar-refractivity contribution in [1.82, 2.24) is 14.8 Å². The number of aryl methyl sites for hydroxylation is 1. The summed E-state index contributed by atoms with van der Waals surface area (Å²) >= 11 is 0. The highest BCUT2D eigenvalue weighted by Gasteiger charge is 2.30. The molecule has 2 rings (SSSR count). The number of hydrogen-bond donors (Lipinski definition) is 0. The van der Waals surface area contributed by atoms with E-state index in [9.17, 15) is 9.59 Å². The van der Waals surface area contributed by atoms with Gasteiger partial charge in [-0.2, -0.15) is 0 Å². The van der Waals surface area contributed by atoms with Gasteiger partial charge in [0.05, 0.1) is 5.56 Å². The van der Waals surface area contributed by atoms with Crippen molar-refractivity contribution in [3.8, 4) is 0 Å². The largest absolute Gasteiger partial charge is 0.343 e. The zero-order chi connectivity index (χ0) is 14.7. The van der Waals surface area contributed by atoms with Crippen LogP contribution in [0.15, 0.2) is 18.3 Å². The molecule has 2 heterocycles. The van der Waals surface area contributed by atoms with Gasteiger partial charge in [0.1, 0.15) is 0 Å². The highest BCUT2D eigenvalue weighted by Crippen LogP contribution is 2.19. The molecule has 1 fully saturated rings. The third-order valence-electron chi connectivity index (χ3n) is 3.79. The second-order valence-electron chi connectivity index (χ2n) is 5.32. The Labute approximate surface area is 119 Å². The van der Waals surface area contributed by atoms with E-state index in [1.807, 2.05) is 18.7 Å². The third-order valence-corrected chi connectivity index (χ3v) is 3.79. The Morgan fingerprint density at radius 2 is 2.30 bits per heavy atom. The van der Waals surface area contributed by atoms with Crippen LogP contribution in [-0.4, -0.2) is 53.3 Å². The van der Waals surface area contributed by atoms with Crippen LogP contribution < -0.4 is 0 Å². The molecule has 1 aliphatic rings. The van der Waals surface area contributed by atoms with Crippen molar-refractivity contribution in [2.45, 2.75) is 20.3 Å². The average Bonchev–Trinajstić information content (AvgIpc) is 2.78. The quantitative estimate of drug-likeness (QED) is 0.833. The minimum absolute atomic E-state index is 0.0296. The van der Waals surface area contributed by atoms with Crippen LogP contribution in [0, 0.1) is 12.8 Å². The molecule has 0 unspecified atom stereocenters. The van der Waals surface area contributed by atoms with E-state index in [0.717, 1.165) is 18.8 Å². The van der Waals surface area contributed by atoms with Crippen molar-refractivity contribution < 1.29 is 9.59 Å². The molecule has 0 radical (unpaired) electrons. The molecule has 1 aliphatic heterocycles. The molecule has 0 spiro atoms. The molecular formula is C15H21N3O2. The van der Waals surface area contributed by atoms with Crippen LogP contribution in [0.3, 0.4) is 0 Å². The number of hydrogen-bond acceptors (Lipinski definition) is 3. The molecule has 0 aromatic carbocycles. The van der Waals surface area contributed by atoms with E-state index in [1.165, 1.54) is 0 Å². The summed E-state index contributed by atoms with van der Waals surface area (Å²) in [5.74, 6) is 0.391. The zero-order valence-electron chi connectivity index (χ0n) is 12.3. The van der Waals surface area contributed by atoms with Gasteiger partial charge in [0.2, 0.25) is 5.91 Å². The second kappa shape index (κ2) is 6.03. The molecule has 0 N–H and O–H groups in total. The van der Waals surface area contributed by atoms with E-state index in [1.54, 1.807) is 30.3 Å². The number of amides is 2. The number of likely N-dealkylation sites (tertiary alicyclic amines) is 1. The summed E-state index contributed by atoms with van der Waals surface area (Å²) in [6.45, 7) is 5.91. The van der Waals surface area contributed by atoms with Gasteiger partial charge in [0, 0.05) is 50.9 Å². The van der Waals surface area contributed by atoms with Gasteiger partial charge in [0.25, 0.3) is 5.91 Å². The molecule has 0 saturated carbocycles. The van der Waals surface area contributed by atoms with Gasteiger partial charge in [-0.25, -0.2) is 0 Å². The fourth-order valence-corrected chi connectivity index (χ4v) is 2.67. The van der Waals surface area contributed by atoms with Crippen LogP contribution in [0.2, 0.25) is 0 Å². The normalized spacial score (nSPS) is 18.4. The topological polar surface area (TPSA) is 53.5 Å². The fraction of sp³-hybridized carbons (Fsp3) is 0.533. The predicted octanol–water partition coefficient (Wildman–Crippen LogP) is 1.33. The zero-order valence-corrected chi connectivity index (χ0v) is 12.3. The standard InChI is InChI=1S/C15H21N3O2/c1-4-18-10-12(8-14(18)19)9-17(3)15(20)13-6-5-7-16-11(13)2/h5-7,12H,4,8-10H2,1-3H3/t12-/m0/s1. The van der Waals surface area contributed by atoms with Crippen molar-refractivity contribution in [1.29, 1.82) is 0 Å². The van der Waals surface area contributed by atoms with Crippen molar-refractivity contribution in [3.63, 3.8) is 0 Å². The van der Waals surface area contributed by atoms with E-state index in [4.69, 9.17) is 0 Å². The lowest BCUT2D eigenvalue weighted by atomic mass is 10.1. The number of aromatic nitrogens is 1. The van der Waals surface area contributed by atoms with Gasteiger partial charge in [0.15, 0.2) is 0 Å². The first-order valence-corrected chi connectivity index (χ1v) is 6.97. The van der Waals surface area contributed by atoms with Crippen LogP contribution >= 0.6 is 0 Å². The first kappa shape index (κ1) is 14.5. The molecule has 1 atom stereocenters. The monoisotopic (exact) mass is 275 g/mol. The van der Waals surface area contributed by atoms with Gasteiger partial charge in [-0.15, -0.1) is 0 Å². The Kier molecular flexibility index (Phi) is 4.37. The lowest BCUT2D eigenvalue weighted by Gasteiger charge is -2.21. The minimum atomic E-state index is -0.0296. The van der Waals surface area contributed by atoms with Crippen molar-refractivity contribution in [3.05, 3.63) is 29.6 Å². The van der Waals surface area contributed by atoms with Gasteiger partial charge in [-0.05, 0) is 26.0 Å². The van der Waals surface area contributed by atoms with Crippen molar-refractivity contribution in [2.75, 3.05) is 26.7 Å². The number of nitrogens with zero attached hydrogens (tertiary/aromatic N) is 3. The summed E-state index contributed by atoms with van der Waals surface area (Å²) in [6.07, 6.45) is 2.22. The van der Waals surface area contributed by atoms with E-state index in [0.29, 0.717) is 18.5 Å². The molecular weight excluding hydrogens is 254 g/mol. The Morgan fingerprint density at radius 3 is 2.90 bits per heavy atom. The summed E-state index contributed by atoms with van der Waals surface area (Å²) < 4.78 is 0. The van der Waals surface area contributed by atoms with Gasteiger partial charge < -0.3 is 9.80 Å². The summed E-state index contributed by atoms with van der Waals surface area (Å²) in [4.78, 5) is 31.8. The molecule has 0 bridgehead atoms. The molecule has 1 aromatic heterocycles. The van der Waals surface area contributed by atoms with E-state index < -0.39 is 0 Å². The third kappa shape index (κ3) is 2.98. The number of pyridine rings is 1. The average molecular weight is 275 g/mol. The highest BCUT2D eigenvalue weighted by molar-refractivity contribution is 5.95. The van der Waals surface area contributed by atoms with Crippen LogP contribution in [0.1, 0.15) is 29.4 Å². The Balaban J connectivity index is 1.99. The van der Waals surface area contributed by atoms with Crippen LogP contribution in [0.4, 0.5) is 0 Å². The fourth-order valence-electron chi connectivity index (χ4n) is 2.67. The van der Waals surface area contributed by atoms with E-state index >= 15 is 0 Å². The van der Waals surface area contributed by atoms with Gasteiger partial charge >= 0.3 is 0 Å². The number of carbonyl (C=O) groups excluding carboxylic acids is 2. The predicted molar refractivity (Wildman–Crippen MR) is 76.3 cm³/mol. The van der Waals surface area contributed by atoms with E-state index in [-0.39, 0.29) is 17.7 Å². The lowest BCUT2D eigenvalue weighted by Crippen LogP contribution is -2.33. The summed E-state index contributed by atoms with van der Waals surface area (Å²) in [6, 6.07) is 3.56. The van der Waals surface area contributed by atoms with Crippen LogP contribution in [0.5, 0.6) is 0 Å². The molecule has 5 heteroatoms. The van der Waals surface area contributed by atoms with Crippen molar-refractivity contribution >= 4 is 11.8 Å². The second-order valence-corrected chi connectivity index (χ2v) is 5.32. The molecule has 1 saturated heterocycles. The Bertz CT molecular complexity index is 516. The molecule has 0 aliphatic carbocycles. The van der Waals surface area contributed by atoms with Gasteiger partial charge in [-0.1, -0.05) is 0 Å². The Morgan fingerprint density at radius 1 is 1.55 bits per heavy atom. The first-order valence-electron chi connectivity index (χ1n) is 6.97. The molecule has 20 heavy (non-hydrogen) atoms.